The van der Waals surface area contributed by atoms with Gasteiger partial charge in [-0.05, 0) is 72.7 Å². The zero-order chi connectivity index (χ0) is 32.0. The van der Waals surface area contributed by atoms with Crippen molar-refractivity contribution in [3.8, 4) is 11.3 Å². The van der Waals surface area contributed by atoms with E-state index in [1.807, 2.05) is 68.6 Å². The molecule has 0 aliphatic heterocycles. The van der Waals surface area contributed by atoms with Gasteiger partial charge in [0.05, 0.1) is 17.1 Å². The summed E-state index contributed by atoms with van der Waals surface area (Å²) in [5.74, 6) is 0.0493. The molecule has 0 bridgehead atoms. The molecule has 3 N–H and O–H groups in total. The zero-order valence-electron chi connectivity index (χ0n) is 27.3. The lowest BCUT2D eigenvalue weighted by Crippen LogP contribution is -2.25. The number of nitrogens with zero attached hydrogens (tertiary/aromatic N) is 3. The molecule has 0 saturated carbocycles. The van der Waals surface area contributed by atoms with Crippen molar-refractivity contribution in [1.29, 1.82) is 0 Å². The Morgan fingerprint density at radius 3 is 2.25 bits per heavy atom. The maximum absolute atomic E-state index is 13.2. The second-order valence-corrected chi connectivity index (χ2v) is 12.2. The Labute approximate surface area is 261 Å². The van der Waals surface area contributed by atoms with Gasteiger partial charge in [0.2, 0.25) is 0 Å². The minimum absolute atomic E-state index is 0.0134. The van der Waals surface area contributed by atoms with Gasteiger partial charge in [-0.2, -0.15) is 0 Å². The number of anilines is 5. The second kappa shape index (κ2) is 13.8. The molecule has 3 aromatic carbocycles. The number of hydrogen-bond acceptors (Lipinski definition) is 6. The molecule has 1 amide bonds. The lowest BCUT2D eigenvalue weighted by atomic mass is 9.86. The predicted octanol–water partition coefficient (Wildman–Crippen LogP) is 7.72. The summed E-state index contributed by atoms with van der Waals surface area (Å²) in [6.07, 6.45) is 3.84. The highest BCUT2D eigenvalue weighted by Gasteiger charge is 2.17. The first kappa shape index (κ1) is 32.3. The summed E-state index contributed by atoms with van der Waals surface area (Å²) in [4.78, 5) is 33.4. The van der Waals surface area contributed by atoms with E-state index in [4.69, 9.17) is 4.98 Å². The summed E-state index contributed by atoms with van der Waals surface area (Å²) in [6.45, 7) is 14.7. The molecule has 0 radical (unpaired) electrons. The summed E-state index contributed by atoms with van der Waals surface area (Å²) >= 11 is 0. The monoisotopic (exact) mass is 594 g/mol. The van der Waals surface area contributed by atoms with Crippen LogP contribution in [-0.2, 0) is 12.5 Å². The fourth-order valence-electron chi connectivity index (χ4n) is 5.30. The van der Waals surface area contributed by atoms with Gasteiger partial charge in [0.15, 0.2) is 5.82 Å². The molecule has 0 aliphatic rings. The quantitative estimate of drug-likeness (QED) is 0.165. The Kier molecular flexibility index (Phi) is 10.1. The minimum Gasteiger partial charge on any atom is -0.386 e. The Morgan fingerprint density at radius 1 is 0.955 bits per heavy atom. The molecule has 0 fully saturated rings. The van der Waals surface area contributed by atoms with E-state index in [2.05, 4.69) is 61.5 Å². The molecule has 232 valence electrons. The van der Waals surface area contributed by atoms with Crippen LogP contribution in [0.3, 0.4) is 0 Å². The molecule has 0 spiro atoms. The number of benzene rings is 3. The normalized spacial score (nSPS) is 11.3. The smallest absolute Gasteiger partial charge is 0.293 e. The van der Waals surface area contributed by atoms with E-state index in [1.54, 1.807) is 13.2 Å². The SMILES string of the molecule is CCCN(CCC)c1ccc(Nc2nc(-c3cccc(NC(=O)c4ccc(C(C)(C)C)cc4)c3C)cn(C)c2=O)cc1NC. The highest BCUT2D eigenvalue weighted by Crippen LogP contribution is 2.32. The summed E-state index contributed by atoms with van der Waals surface area (Å²) < 4.78 is 1.53. The minimum atomic E-state index is -0.233. The van der Waals surface area contributed by atoms with Crippen molar-refractivity contribution in [3.63, 3.8) is 0 Å². The van der Waals surface area contributed by atoms with E-state index in [1.165, 1.54) is 10.1 Å². The summed E-state index contributed by atoms with van der Waals surface area (Å²) in [5, 5.41) is 9.63. The molecule has 0 atom stereocenters. The third-order valence-corrected chi connectivity index (χ3v) is 7.80. The second-order valence-electron chi connectivity index (χ2n) is 12.2. The Hall–Kier alpha value is -4.59. The molecular formula is C36H46N6O2. The van der Waals surface area contributed by atoms with Crippen molar-refractivity contribution in [3.05, 3.63) is 93.9 Å². The van der Waals surface area contributed by atoms with Gasteiger partial charge in [0.1, 0.15) is 0 Å². The molecule has 8 heteroatoms. The van der Waals surface area contributed by atoms with E-state index in [9.17, 15) is 9.59 Å². The van der Waals surface area contributed by atoms with Gasteiger partial charge in [0, 0.05) is 55.9 Å². The number of nitrogens with one attached hydrogen (secondary N) is 3. The van der Waals surface area contributed by atoms with Crippen LogP contribution in [0.1, 0.15) is 68.9 Å². The van der Waals surface area contributed by atoms with E-state index < -0.39 is 0 Å². The number of aryl methyl sites for hydroxylation is 1. The van der Waals surface area contributed by atoms with Crippen molar-refractivity contribution < 1.29 is 4.79 Å². The average molecular weight is 595 g/mol. The number of hydrogen-bond donors (Lipinski definition) is 3. The maximum Gasteiger partial charge on any atom is 0.293 e. The molecule has 1 heterocycles. The van der Waals surface area contributed by atoms with Crippen LogP contribution in [-0.4, -0.2) is 35.6 Å². The highest BCUT2D eigenvalue weighted by molar-refractivity contribution is 6.05. The van der Waals surface area contributed by atoms with Crippen LogP contribution in [0.5, 0.6) is 0 Å². The number of rotatable bonds is 11. The molecule has 0 saturated heterocycles. The van der Waals surface area contributed by atoms with Gasteiger partial charge in [-0.3, -0.25) is 9.59 Å². The summed E-state index contributed by atoms with van der Waals surface area (Å²) in [5.41, 5.74) is 7.43. The van der Waals surface area contributed by atoms with Crippen LogP contribution in [0.4, 0.5) is 28.6 Å². The van der Waals surface area contributed by atoms with E-state index in [-0.39, 0.29) is 22.7 Å². The largest absolute Gasteiger partial charge is 0.386 e. The molecule has 1 aromatic heterocycles. The van der Waals surface area contributed by atoms with Gasteiger partial charge < -0.3 is 25.4 Å². The zero-order valence-corrected chi connectivity index (χ0v) is 27.3. The van der Waals surface area contributed by atoms with Gasteiger partial charge in [0.25, 0.3) is 11.5 Å². The van der Waals surface area contributed by atoms with Gasteiger partial charge >= 0.3 is 0 Å². The van der Waals surface area contributed by atoms with Crippen LogP contribution < -0.4 is 26.4 Å². The van der Waals surface area contributed by atoms with Crippen LogP contribution >= 0.6 is 0 Å². The topological polar surface area (TPSA) is 91.3 Å². The van der Waals surface area contributed by atoms with Crippen LogP contribution in [0.25, 0.3) is 11.3 Å². The first-order valence-electron chi connectivity index (χ1n) is 15.4. The average Bonchev–Trinajstić information content (AvgIpc) is 3.00. The van der Waals surface area contributed by atoms with Crippen molar-refractivity contribution in [1.82, 2.24) is 9.55 Å². The fraction of sp³-hybridized carbons (Fsp3) is 0.361. The lowest BCUT2D eigenvalue weighted by molar-refractivity contribution is 0.102. The first-order chi connectivity index (χ1) is 21.0. The fourth-order valence-corrected chi connectivity index (χ4v) is 5.30. The Balaban J connectivity index is 1.62. The molecule has 0 aliphatic carbocycles. The number of amides is 1. The molecule has 4 rings (SSSR count). The molecule has 8 nitrogen and oxygen atoms in total. The standard InChI is InChI=1S/C36H46N6O2/c1-9-20-42(21-10-2)32-19-18-27(22-30(32)37-7)38-33-35(44)41(8)23-31(39-33)28-12-11-13-29(24(28)3)40-34(43)25-14-16-26(17-15-25)36(4,5)6/h11-19,22-23,37H,9-10,20-21H2,1-8H3,(H,38,39)(H,40,43). The van der Waals surface area contributed by atoms with Crippen LogP contribution in [0, 0.1) is 6.92 Å². The van der Waals surface area contributed by atoms with E-state index in [0.717, 1.165) is 54.1 Å². The number of carbonyl (C=O) groups is 1. The van der Waals surface area contributed by atoms with Gasteiger partial charge in [-0.1, -0.05) is 58.9 Å². The molecule has 44 heavy (non-hydrogen) atoms. The van der Waals surface area contributed by atoms with Crippen LogP contribution in [0.2, 0.25) is 0 Å². The lowest BCUT2D eigenvalue weighted by Gasteiger charge is -2.26. The highest BCUT2D eigenvalue weighted by atomic mass is 16.1. The number of carbonyl (C=O) groups excluding carboxylic acids is 1. The van der Waals surface area contributed by atoms with Crippen molar-refractivity contribution in [2.24, 2.45) is 7.05 Å². The van der Waals surface area contributed by atoms with Crippen LogP contribution in [0.15, 0.2) is 71.7 Å². The predicted molar refractivity (Wildman–Crippen MR) is 185 cm³/mol. The van der Waals surface area contributed by atoms with Gasteiger partial charge in [-0.15, -0.1) is 0 Å². The summed E-state index contributed by atoms with van der Waals surface area (Å²) in [7, 11) is 3.63. The van der Waals surface area contributed by atoms with Crippen molar-refractivity contribution >= 4 is 34.5 Å². The third kappa shape index (κ3) is 7.30. The summed E-state index contributed by atoms with van der Waals surface area (Å²) in [6, 6.07) is 19.5. The Bertz CT molecular complexity index is 1660. The van der Waals surface area contributed by atoms with E-state index >= 15 is 0 Å². The van der Waals surface area contributed by atoms with Crippen molar-refractivity contribution in [2.75, 3.05) is 41.0 Å². The van der Waals surface area contributed by atoms with E-state index in [0.29, 0.717) is 16.9 Å². The van der Waals surface area contributed by atoms with Crippen molar-refractivity contribution in [2.45, 2.75) is 59.8 Å². The molecule has 4 aromatic rings. The molecular weight excluding hydrogens is 548 g/mol. The number of aromatic nitrogens is 2. The third-order valence-electron chi connectivity index (χ3n) is 7.80. The molecule has 0 unspecified atom stereocenters. The Morgan fingerprint density at radius 2 is 1.64 bits per heavy atom. The first-order valence-corrected chi connectivity index (χ1v) is 15.4. The van der Waals surface area contributed by atoms with Gasteiger partial charge in [-0.25, -0.2) is 4.98 Å². The maximum atomic E-state index is 13.2.